The average Bonchev–Trinajstić information content (AvgIpc) is 2.78. The Morgan fingerprint density at radius 1 is 1.41 bits per heavy atom. The Bertz CT molecular complexity index is 493. The van der Waals surface area contributed by atoms with E-state index < -0.39 is 0 Å². The highest BCUT2D eigenvalue weighted by molar-refractivity contribution is 14.1. The molecule has 0 aliphatic rings. The first-order chi connectivity index (χ1) is 8.24. The van der Waals surface area contributed by atoms with E-state index in [9.17, 15) is 0 Å². The molecule has 2 aromatic rings. The first-order valence-corrected chi connectivity index (χ1v) is 6.83. The van der Waals surface area contributed by atoms with Gasteiger partial charge in [-0.25, -0.2) is 4.98 Å². The van der Waals surface area contributed by atoms with Gasteiger partial charge in [-0.1, -0.05) is 25.1 Å². The van der Waals surface area contributed by atoms with Crippen molar-refractivity contribution in [2.24, 2.45) is 5.73 Å². The minimum absolute atomic E-state index is 0.148. The van der Waals surface area contributed by atoms with Crippen LogP contribution < -0.4 is 5.73 Å². The highest BCUT2D eigenvalue weighted by Gasteiger charge is 2.16. The van der Waals surface area contributed by atoms with E-state index in [0.29, 0.717) is 0 Å². The maximum absolute atomic E-state index is 6.30. The Morgan fingerprint density at radius 3 is 2.88 bits per heavy atom. The highest BCUT2D eigenvalue weighted by Crippen LogP contribution is 2.23. The molecule has 0 aliphatic carbocycles. The Morgan fingerprint density at radius 2 is 2.18 bits per heavy atom. The van der Waals surface area contributed by atoms with E-state index in [0.717, 1.165) is 24.4 Å². The molecule has 0 fully saturated rings. The van der Waals surface area contributed by atoms with Crippen molar-refractivity contribution in [3.8, 4) is 0 Å². The van der Waals surface area contributed by atoms with Crippen molar-refractivity contribution in [1.82, 2.24) is 9.55 Å². The van der Waals surface area contributed by atoms with Gasteiger partial charge in [-0.05, 0) is 40.6 Å². The van der Waals surface area contributed by atoms with E-state index >= 15 is 0 Å². The molecule has 4 heteroatoms. The zero-order chi connectivity index (χ0) is 12.3. The van der Waals surface area contributed by atoms with Gasteiger partial charge in [0.2, 0.25) is 0 Å². The summed E-state index contributed by atoms with van der Waals surface area (Å²) in [5, 5.41) is 0. The molecule has 0 saturated heterocycles. The summed E-state index contributed by atoms with van der Waals surface area (Å²) < 4.78 is 3.32. The zero-order valence-corrected chi connectivity index (χ0v) is 12.0. The van der Waals surface area contributed by atoms with Crippen molar-refractivity contribution in [2.75, 3.05) is 0 Å². The van der Waals surface area contributed by atoms with Gasteiger partial charge in [0, 0.05) is 22.5 Å². The van der Waals surface area contributed by atoms with Crippen LogP contribution in [-0.4, -0.2) is 9.55 Å². The second kappa shape index (κ2) is 5.64. The van der Waals surface area contributed by atoms with Crippen molar-refractivity contribution in [3.05, 3.63) is 51.6 Å². The number of rotatable bonds is 4. The Kier molecular flexibility index (Phi) is 4.17. The van der Waals surface area contributed by atoms with Crippen LogP contribution >= 0.6 is 22.6 Å². The van der Waals surface area contributed by atoms with Crippen LogP contribution in [0.4, 0.5) is 0 Å². The summed E-state index contributed by atoms with van der Waals surface area (Å²) in [6, 6.07) is 8.03. The number of halogens is 1. The molecule has 0 bridgehead atoms. The van der Waals surface area contributed by atoms with E-state index in [1.54, 1.807) is 0 Å². The fourth-order valence-electron chi connectivity index (χ4n) is 1.90. The Hall–Kier alpha value is -0.880. The van der Waals surface area contributed by atoms with E-state index in [4.69, 9.17) is 5.73 Å². The van der Waals surface area contributed by atoms with Crippen LogP contribution in [0.2, 0.25) is 0 Å². The monoisotopic (exact) mass is 341 g/mol. The van der Waals surface area contributed by atoms with Crippen LogP contribution in [0.1, 0.15) is 30.8 Å². The number of aromatic nitrogens is 2. The van der Waals surface area contributed by atoms with Gasteiger partial charge in [0.15, 0.2) is 0 Å². The molecule has 0 radical (unpaired) electrons. The summed E-state index contributed by atoms with van der Waals surface area (Å²) in [7, 11) is 0. The second-order valence-corrected chi connectivity index (χ2v) is 5.14. The summed E-state index contributed by atoms with van der Waals surface area (Å²) in [4.78, 5) is 4.39. The van der Waals surface area contributed by atoms with E-state index in [1.165, 1.54) is 3.57 Å². The topological polar surface area (TPSA) is 43.8 Å². The highest BCUT2D eigenvalue weighted by atomic mass is 127. The standard InChI is InChI=1S/C13H16IN3/c1-2-8-17-9-7-16-13(17)12(15)10-5-3-4-6-11(10)14/h3-7,9,12H,2,8,15H2,1H3. The lowest BCUT2D eigenvalue weighted by molar-refractivity contribution is 0.612. The van der Waals surface area contributed by atoms with Crippen LogP contribution in [-0.2, 0) is 6.54 Å². The molecule has 1 aromatic heterocycles. The van der Waals surface area contributed by atoms with Gasteiger partial charge in [0.25, 0.3) is 0 Å². The van der Waals surface area contributed by atoms with Crippen LogP contribution in [0.3, 0.4) is 0 Å². The number of benzene rings is 1. The first kappa shape index (κ1) is 12.6. The fourth-order valence-corrected chi connectivity index (χ4v) is 2.62. The smallest absolute Gasteiger partial charge is 0.130 e. The van der Waals surface area contributed by atoms with Gasteiger partial charge in [-0.2, -0.15) is 0 Å². The molecule has 2 rings (SSSR count). The summed E-state index contributed by atoms with van der Waals surface area (Å²) in [6.07, 6.45) is 4.90. The summed E-state index contributed by atoms with van der Waals surface area (Å²) >= 11 is 2.32. The average molecular weight is 341 g/mol. The Labute approximate surface area is 115 Å². The third kappa shape index (κ3) is 2.69. The van der Waals surface area contributed by atoms with Gasteiger partial charge < -0.3 is 10.3 Å². The predicted molar refractivity (Wildman–Crippen MR) is 77.7 cm³/mol. The predicted octanol–water partition coefficient (Wildman–Crippen LogP) is 2.95. The van der Waals surface area contributed by atoms with Crippen LogP contribution in [0.25, 0.3) is 0 Å². The van der Waals surface area contributed by atoms with Crippen molar-refractivity contribution in [1.29, 1.82) is 0 Å². The van der Waals surface area contributed by atoms with Gasteiger partial charge in [-0.15, -0.1) is 0 Å². The molecule has 0 saturated carbocycles. The molecule has 2 N–H and O–H groups in total. The van der Waals surface area contributed by atoms with Gasteiger partial charge in [-0.3, -0.25) is 0 Å². The molecule has 0 aliphatic heterocycles. The van der Waals surface area contributed by atoms with E-state index in [-0.39, 0.29) is 6.04 Å². The molecule has 1 heterocycles. The number of aryl methyl sites for hydroxylation is 1. The third-order valence-electron chi connectivity index (χ3n) is 2.73. The van der Waals surface area contributed by atoms with E-state index in [2.05, 4.69) is 51.2 Å². The van der Waals surface area contributed by atoms with Crippen LogP contribution in [0.5, 0.6) is 0 Å². The maximum atomic E-state index is 6.30. The van der Waals surface area contributed by atoms with E-state index in [1.807, 2.05) is 24.5 Å². The van der Waals surface area contributed by atoms with Crippen molar-refractivity contribution in [3.63, 3.8) is 0 Å². The SMILES string of the molecule is CCCn1ccnc1C(N)c1ccccc1I. The van der Waals surface area contributed by atoms with Crippen LogP contribution in [0.15, 0.2) is 36.7 Å². The molecule has 1 atom stereocenters. The van der Waals surface area contributed by atoms with Gasteiger partial charge >= 0.3 is 0 Å². The second-order valence-electron chi connectivity index (χ2n) is 3.98. The molecule has 1 aromatic carbocycles. The lowest BCUT2D eigenvalue weighted by Gasteiger charge is -2.15. The third-order valence-corrected chi connectivity index (χ3v) is 3.71. The summed E-state index contributed by atoms with van der Waals surface area (Å²) in [5.74, 6) is 0.941. The fraction of sp³-hybridized carbons (Fsp3) is 0.308. The summed E-state index contributed by atoms with van der Waals surface area (Å²) in [6.45, 7) is 3.12. The minimum Gasteiger partial charge on any atom is -0.333 e. The molecule has 17 heavy (non-hydrogen) atoms. The lowest BCUT2D eigenvalue weighted by Crippen LogP contribution is -2.18. The largest absolute Gasteiger partial charge is 0.333 e. The van der Waals surface area contributed by atoms with Crippen molar-refractivity contribution < 1.29 is 0 Å². The molecular weight excluding hydrogens is 325 g/mol. The quantitative estimate of drug-likeness (QED) is 0.869. The number of hydrogen-bond donors (Lipinski definition) is 1. The minimum atomic E-state index is -0.148. The zero-order valence-electron chi connectivity index (χ0n) is 9.81. The maximum Gasteiger partial charge on any atom is 0.130 e. The van der Waals surface area contributed by atoms with Crippen molar-refractivity contribution >= 4 is 22.6 Å². The normalized spacial score (nSPS) is 12.6. The molecular formula is C13H16IN3. The van der Waals surface area contributed by atoms with Crippen LogP contribution in [0, 0.1) is 3.57 Å². The van der Waals surface area contributed by atoms with Gasteiger partial charge in [0.1, 0.15) is 5.82 Å². The first-order valence-electron chi connectivity index (χ1n) is 5.75. The molecule has 1 unspecified atom stereocenters. The molecule has 0 spiro atoms. The van der Waals surface area contributed by atoms with Gasteiger partial charge in [0.05, 0.1) is 6.04 Å². The number of nitrogens with zero attached hydrogens (tertiary/aromatic N) is 2. The molecule has 0 amide bonds. The summed E-state index contributed by atoms with van der Waals surface area (Å²) in [5.41, 5.74) is 7.44. The number of hydrogen-bond acceptors (Lipinski definition) is 2. The molecule has 3 nitrogen and oxygen atoms in total. The molecule has 90 valence electrons. The lowest BCUT2D eigenvalue weighted by atomic mass is 10.1. The number of imidazole rings is 1. The Balaban J connectivity index is 2.34. The van der Waals surface area contributed by atoms with Crippen molar-refractivity contribution in [2.45, 2.75) is 25.9 Å². The number of nitrogens with two attached hydrogens (primary N) is 1.